The van der Waals surface area contributed by atoms with Gasteiger partial charge in [-0.25, -0.2) is 13.6 Å². The number of nitrogens with two attached hydrogens (primary N) is 1. The Morgan fingerprint density at radius 3 is 2.44 bits per heavy atom. The van der Waals surface area contributed by atoms with E-state index in [1.54, 1.807) is 12.1 Å². The molecule has 0 saturated heterocycles. The van der Waals surface area contributed by atoms with Gasteiger partial charge in [-0.2, -0.15) is 0 Å². The summed E-state index contributed by atoms with van der Waals surface area (Å²) in [4.78, 5) is 26.2. The quantitative estimate of drug-likeness (QED) is 0.796. The first-order valence-corrected chi connectivity index (χ1v) is 10.1. The number of fused-ring (bicyclic) bond motifs is 1. The highest BCUT2D eigenvalue weighted by molar-refractivity contribution is 7.89. The summed E-state index contributed by atoms with van der Waals surface area (Å²) in [6.45, 7) is 1.83. The summed E-state index contributed by atoms with van der Waals surface area (Å²) >= 11 is 0. The molecule has 1 unspecified atom stereocenters. The first-order chi connectivity index (χ1) is 12.8. The predicted octanol–water partition coefficient (Wildman–Crippen LogP) is 0.971. The van der Waals surface area contributed by atoms with Gasteiger partial charge in [0.2, 0.25) is 21.8 Å². The lowest BCUT2D eigenvalue weighted by Gasteiger charge is -2.23. The average molecular weight is 387 g/mol. The summed E-state index contributed by atoms with van der Waals surface area (Å²) in [5.74, 6) is -0.374. The predicted molar refractivity (Wildman–Crippen MR) is 102 cm³/mol. The van der Waals surface area contributed by atoms with E-state index < -0.39 is 16.1 Å². The van der Waals surface area contributed by atoms with Crippen molar-refractivity contribution in [2.75, 3.05) is 11.4 Å². The first-order valence-electron chi connectivity index (χ1n) is 8.54. The van der Waals surface area contributed by atoms with E-state index in [9.17, 15) is 18.0 Å². The van der Waals surface area contributed by atoms with E-state index in [2.05, 4.69) is 5.32 Å². The maximum atomic E-state index is 12.6. The fraction of sp³-hybridized carbons (Fsp3) is 0.263. The average Bonchev–Trinajstić information content (AvgIpc) is 3.01. The number of sulfonamides is 1. The van der Waals surface area contributed by atoms with Crippen molar-refractivity contribution >= 4 is 27.5 Å². The van der Waals surface area contributed by atoms with Gasteiger partial charge in [0, 0.05) is 25.6 Å². The second-order valence-electron chi connectivity index (χ2n) is 6.47. The Hall–Kier alpha value is -2.71. The maximum absolute atomic E-state index is 12.6. The number of carbonyl (C=O) groups is 2. The Labute approximate surface area is 158 Å². The van der Waals surface area contributed by atoms with Gasteiger partial charge in [0.25, 0.3) is 0 Å². The van der Waals surface area contributed by atoms with E-state index in [-0.39, 0.29) is 16.7 Å². The van der Waals surface area contributed by atoms with Crippen LogP contribution in [0.2, 0.25) is 0 Å². The second kappa shape index (κ2) is 7.50. The largest absolute Gasteiger partial charge is 0.354 e. The summed E-state index contributed by atoms with van der Waals surface area (Å²) in [5, 5.41) is 7.94. The number of amides is 2. The van der Waals surface area contributed by atoms with Gasteiger partial charge in [0.15, 0.2) is 0 Å². The van der Waals surface area contributed by atoms with Crippen LogP contribution < -0.4 is 15.4 Å². The molecule has 1 atom stereocenters. The lowest BCUT2D eigenvalue weighted by atomic mass is 10.1. The molecule has 0 saturated carbocycles. The second-order valence-corrected chi connectivity index (χ2v) is 8.03. The van der Waals surface area contributed by atoms with E-state index in [4.69, 9.17) is 5.14 Å². The SMILES string of the molecule is CC(=O)N1c2ccccc2CC1C(=O)NCCc1ccc(S(N)(=O)=O)cc1. The minimum Gasteiger partial charge on any atom is -0.354 e. The molecular formula is C19H21N3O4S. The molecule has 0 fully saturated rings. The summed E-state index contributed by atoms with van der Waals surface area (Å²) in [5.41, 5.74) is 2.64. The van der Waals surface area contributed by atoms with Gasteiger partial charge in [-0.15, -0.1) is 0 Å². The number of rotatable bonds is 5. The van der Waals surface area contributed by atoms with E-state index in [1.165, 1.54) is 24.0 Å². The zero-order chi connectivity index (χ0) is 19.6. The van der Waals surface area contributed by atoms with Gasteiger partial charge in [0.05, 0.1) is 4.90 Å². The lowest BCUT2D eigenvalue weighted by Crippen LogP contribution is -2.47. The smallest absolute Gasteiger partial charge is 0.243 e. The van der Waals surface area contributed by atoms with Crippen molar-refractivity contribution in [1.29, 1.82) is 0 Å². The van der Waals surface area contributed by atoms with E-state index in [0.717, 1.165) is 16.8 Å². The number of hydrogen-bond donors (Lipinski definition) is 2. The van der Waals surface area contributed by atoms with Crippen molar-refractivity contribution in [3.8, 4) is 0 Å². The van der Waals surface area contributed by atoms with Crippen LogP contribution in [-0.4, -0.2) is 32.8 Å². The van der Waals surface area contributed by atoms with Gasteiger partial charge < -0.3 is 5.32 Å². The molecule has 0 radical (unpaired) electrons. The van der Waals surface area contributed by atoms with Gasteiger partial charge in [-0.05, 0) is 35.7 Å². The summed E-state index contributed by atoms with van der Waals surface area (Å²) < 4.78 is 22.5. The van der Waals surface area contributed by atoms with Crippen LogP contribution >= 0.6 is 0 Å². The van der Waals surface area contributed by atoms with Crippen LogP contribution in [0.3, 0.4) is 0 Å². The molecule has 3 rings (SSSR count). The third-order valence-corrected chi connectivity index (χ3v) is 5.51. The van der Waals surface area contributed by atoms with Crippen molar-refractivity contribution in [3.05, 3.63) is 59.7 Å². The number of benzene rings is 2. The summed E-state index contributed by atoms with van der Waals surface area (Å²) in [7, 11) is -3.71. The van der Waals surface area contributed by atoms with Gasteiger partial charge in [-0.1, -0.05) is 30.3 Å². The molecule has 2 amide bonds. The van der Waals surface area contributed by atoms with E-state index >= 15 is 0 Å². The number of para-hydroxylation sites is 1. The Kier molecular flexibility index (Phi) is 5.29. The van der Waals surface area contributed by atoms with E-state index in [0.29, 0.717) is 19.4 Å². The zero-order valence-corrected chi connectivity index (χ0v) is 15.7. The molecule has 0 bridgehead atoms. The third-order valence-electron chi connectivity index (χ3n) is 4.58. The highest BCUT2D eigenvalue weighted by atomic mass is 32.2. The Morgan fingerprint density at radius 1 is 1.15 bits per heavy atom. The first kappa shape index (κ1) is 19.1. The van der Waals surface area contributed by atoms with Crippen LogP contribution in [-0.2, 0) is 32.5 Å². The van der Waals surface area contributed by atoms with Crippen LogP contribution in [0.5, 0.6) is 0 Å². The fourth-order valence-electron chi connectivity index (χ4n) is 3.28. The molecular weight excluding hydrogens is 366 g/mol. The maximum Gasteiger partial charge on any atom is 0.243 e. The minimum atomic E-state index is -3.71. The van der Waals surface area contributed by atoms with Crippen LogP contribution in [0.1, 0.15) is 18.1 Å². The zero-order valence-electron chi connectivity index (χ0n) is 14.9. The Balaban J connectivity index is 1.60. The molecule has 2 aromatic rings. The summed E-state index contributed by atoms with van der Waals surface area (Å²) in [6, 6.07) is 13.2. The Morgan fingerprint density at radius 2 is 1.81 bits per heavy atom. The highest BCUT2D eigenvalue weighted by Crippen LogP contribution is 2.32. The molecule has 1 aliphatic rings. The number of primary sulfonamides is 1. The number of anilines is 1. The number of nitrogens with zero attached hydrogens (tertiary/aromatic N) is 1. The van der Waals surface area contributed by atoms with Crippen LogP contribution in [0.15, 0.2) is 53.4 Å². The van der Waals surface area contributed by atoms with Crippen molar-refractivity contribution in [1.82, 2.24) is 5.32 Å². The number of carbonyl (C=O) groups excluding carboxylic acids is 2. The molecule has 0 aliphatic carbocycles. The molecule has 7 nitrogen and oxygen atoms in total. The van der Waals surface area contributed by atoms with Crippen molar-refractivity contribution < 1.29 is 18.0 Å². The molecule has 8 heteroatoms. The molecule has 142 valence electrons. The van der Waals surface area contributed by atoms with Crippen LogP contribution in [0.4, 0.5) is 5.69 Å². The minimum absolute atomic E-state index is 0.0519. The van der Waals surface area contributed by atoms with E-state index in [1.807, 2.05) is 24.3 Å². The molecule has 0 aromatic heterocycles. The third kappa shape index (κ3) is 4.17. The van der Waals surface area contributed by atoms with Crippen LogP contribution in [0.25, 0.3) is 0 Å². The number of hydrogen-bond acceptors (Lipinski definition) is 4. The number of nitrogens with one attached hydrogen (secondary N) is 1. The van der Waals surface area contributed by atoms with Crippen LogP contribution in [0, 0.1) is 0 Å². The molecule has 0 spiro atoms. The lowest BCUT2D eigenvalue weighted by molar-refractivity contribution is -0.125. The summed E-state index contributed by atoms with van der Waals surface area (Å²) in [6.07, 6.45) is 1.03. The molecule has 2 aromatic carbocycles. The van der Waals surface area contributed by atoms with Crippen molar-refractivity contribution in [2.45, 2.75) is 30.7 Å². The molecule has 27 heavy (non-hydrogen) atoms. The highest BCUT2D eigenvalue weighted by Gasteiger charge is 2.36. The van der Waals surface area contributed by atoms with Crippen molar-refractivity contribution in [2.24, 2.45) is 5.14 Å². The van der Waals surface area contributed by atoms with Crippen molar-refractivity contribution in [3.63, 3.8) is 0 Å². The molecule has 1 aliphatic heterocycles. The van der Waals surface area contributed by atoms with Gasteiger partial charge in [0.1, 0.15) is 6.04 Å². The Bertz CT molecular complexity index is 971. The standard InChI is InChI=1S/C19H21N3O4S/c1-13(23)22-17-5-3-2-4-15(17)12-18(22)19(24)21-11-10-14-6-8-16(9-7-14)27(20,25)26/h2-9,18H,10-12H2,1H3,(H,21,24)(H2,20,25,26). The molecule has 3 N–H and O–H groups in total. The fourth-order valence-corrected chi connectivity index (χ4v) is 3.79. The van der Waals surface area contributed by atoms with Gasteiger partial charge in [-0.3, -0.25) is 14.5 Å². The topological polar surface area (TPSA) is 110 Å². The monoisotopic (exact) mass is 387 g/mol. The normalized spacial score (nSPS) is 16.1. The van der Waals surface area contributed by atoms with Gasteiger partial charge >= 0.3 is 0 Å². The molecule has 1 heterocycles.